The highest BCUT2D eigenvalue weighted by atomic mass is 15.2. The molecule has 2 nitrogen and oxygen atoms in total. The number of nitrogens with two attached hydrogens (primary N) is 1. The largest absolute Gasteiger partial charge is 0.326 e. The van der Waals surface area contributed by atoms with E-state index in [0.717, 1.165) is 13.0 Å². The third-order valence-electron chi connectivity index (χ3n) is 4.06. The quantitative estimate of drug-likeness (QED) is 0.849. The summed E-state index contributed by atoms with van der Waals surface area (Å²) in [5, 5.41) is 0. The van der Waals surface area contributed by atoms with Crippen molar-refractivity contribution in [1.29, 1.82) is 0 Å². The Kier molecular flexibility index (Phi) is 3.85. The van der Waals surface area contributed by atoms with E-state index < -0.39 is 0 Å². The first-order valence-electron chi connectivity index (χ1n) is 6.70. The zero-order valence-electron chi connectivity index (χ0n) is 11.2. The van der Waals surface area contributed by atoms with Gasteiger partial charge in [0.25, 0.3) is 0 Å². The zero-order chi connectivity index (χ0) is 12.4. The van der Waals surface area contributed by atoms with Gasteiger partial charge in [0, 0.05) is 12.1 Å². The SMILES string of the molecule is CCN1CCCC(N)C1c1ccc(C)c(C)c1. The minimum Gasteiger partial charge on any atom is -0.326 e. The number of likely N-dealkylation sites (tertiary alicyclic amines) is 1. The van der Waals surface area contributed by atoms with E-state index >= 15 is 0 Å². The number of hydrogen-bond acceptors (Lipinski definition) is 2. The monoisotopic (exact) mass is 232 g/mol. The van der Waals surface area contributed by atoms with Crippen molar-refractivity contribution in [2.24, 2.45) is 5.73 Å². The zero-order valence-corrected chi connectivity index (χ0v) is 11.2. The number of rotatable bonds is 2. The fourth-order valence-corrected chi connectivity index (χ4v) is 2.86. The van der Waals surface area contributed by atoms with Crippen LogP contribution >= 0.6 is 0 Å². The van der Waals surface area contributed by atoms with E-state index in [-0.39, 0.29) is 6.04 Å². The molecule has 0 aliphatic carbocycles. The standard InChI is InChI=1S/C15H24N2/c1-4-17-9-5-6-14(16)15(17)13-8-7-11(2)12(3)10-13/h7-8,10,14-15H,4-6,9,16H2,1-3H3. The van der Waals surface area contributed by atoms with Gasteiger partial charge in [-0.05, 0) is 56.5 Å². The number of hydrogen-bond donors (Lipinski definition) is 1. The molecule has 1 aromatic rings. The van der Waals surface area contributed by atoms with Crippen molar-refractivity contribution in [3.63, 3.8) is 0 Å². The Morgan fingerprint density at radius 2 is 2.06 bits per heavy atom. The first-order chi connectivity index (χ1) is 8.13. The van der Waals surface area contributed by atoms with Crippen molar-refractivity contribution in [2.45, 2.75) is 45.7 Å². The summed E-state index contributed by atoms with van der Waals surface area (Å²) in [5.74, 6) is 0. The normalized spacial score (nSPS) is 26.1. The minimum atomic E-state index is 0.283. The van der Waals surface area contributed by atoms with Gasteiger partial charge in [-0.2, -0.15) is 0 Å². The van der Waals surface area contributed by atoms with Gasteiger partial charge in [0.05, 0.1) is 0 Å². The molecule has 94 valence electrons. The molecule has 1 aromatic carbocycles. The summed E-state index contributed by atoms with van der Waals surface area (Å²) < 4.78 is 0. The van der Waals surface area contributed by atoms with Gasteiger partial charge >= 0.3 is 0 Å². The summed E-state index contributed by atoms with van der Waals surface area (Å²) >= 11 is 0. The second kappa shape index (κ2) is 5.19. The third-order valence-corrected chi connectivity index (χ3v) is 4.06. The van der Waals surface area contributed by atoms with Crippen molar-refractivity contribution in [3.05, 3.63) is 34.9 Å². The van der Waals surface area contributed by atoms with Crippen LogP contribution in [-0.2, 0) is 0 Å². The molecule has 0 amide bonds. The fourth-order valence-electron chi connectivity index (χ4n) is 2.86. The van der Waals surface area contributed by atoms with Gasteiger partial charge in [-0.1, -0.05) is 25.1 Å². The molecule has 2 rings (SSSR count). The summed E-state index contributed by atoms with van der Waals surface area (Å²) in [6.07, 6.45) is 2.38. The van der Waals surface area contributed by atoms with E-state index in [2.05, 4.69) is 43.9 Å². The molecule has 1 saturated heterocycles. The maximum absolute atomic E-state index is 6.32. The Morgan fingerprint density at radius 1 is 1.29 bits per heavy atom. The topological polar surface area (TPSA) is 29.3 Å². The molecule has 0 bridgehead atoms. The van der Waals surface area contributed by atoms with Crippen LogP contribution < -0.4 is 5.73 Å². The van der Waals surface area contributed by atoms with Crippen LogP contribution in [0.4, 0.5) is 0 Å². The van der Waals surface area contributed by atoms with E-state index in [1.54, 1.807) is 0 Å². The average Bonchev–Trinajstić information content (AvgIpc) is 2.32. The van der Waals surface area contributed by atoms with Crippen molar-refractivity contribution in [1.82, 2.24) is 4.90 Å². The Bertz CT molecular complexity index is 387. The predicted molar refractivity (Wildman–Crippen MR) is 73.1 cm³/mol. The lowest BCUT2D eigenvalue weighted by Gasteiger charge is -2.39. The average molecular weight is 232 g/mol. The van der Waals surface area contributed by atoms with Crippen LogP contribution in [0, 0.1) is 13.8 Å². The van der Waals surface area contributed by atoms with E-state index in [4.69, 9.17) is 5.73 Å². The molecular weight excluding hydrogens is 208 g/mol. The number of benzene rings is 1. The molecule has 0 radical (unpaired) electrons. The van der Waals surface area contributed by atoms with E-state index in [1.807, 2.05) is 0 Å². The lowest BCUT2D eigenvalue weighted by atomic mass is 9.89. The Hall–Kier alpha value is -0.860. The molecule has 0 aromatic heterocycles. The van der Waals surface area contributed by atoms with Crippen LogP contribution in [0.3, 0.4) is 0 Å². The van der Waals surface area contributed by atoms with Crippen LogP contribution in [0.2, 0.25) is 0 Å². The molecule has 2 unspecified atom stereocenters. The predicted octanol–water partition coefficient (Wildman–Crippen LogP) is 2.79. The number of nitrogens with zero attached hydrogens (tertiary/aromatic N) is 1. The van der Waals surface area contributed by atoms with Crippen LogP contribution in [0.5, 0.6) is 0 Å². The number of aryl methyl sites for hydroxylation is 2. The molecule has 0 spiro atoms. The van der Waals surface area contributed by atoms with E-state index in [1.165, 1.54) is 29.7 Å². The van der Waals surface area contributed by atoms with Crippen LogP contribution in [-0.4, -0.2) is 24.0 Å². The minimum absolute atomic E-state index is 0.283. The smallest absolute Gasteiger partial charge is 0.0499 e. The Balaban J connectivity index is 2.31. The van der Waals surface area contributed by atoms with Crippen molar-refractivity contribution >= 4 is 0 Å². The van der Waals surface area contributed by atoms with Crippen molar-refractivity contribution < 1.29 is 0 Å². The summed E-state index contributed by atoms with van der Waals surface area (Å²) in [7, 11) is 0. The summed E-state index contributed by atoms with van der Waals surface area (Å²) in [6, 6.07) is 7.48. The van der Waals surface area contributed by atoms with Gasteiger partial charge in [-0.15, -0.1) is 0 Å². The molecule has 17 heavy (non-hydrogen) atoms. The molecule has 1 aliphatic rings. The maximum Gasteiger partial charge on any atom is 0.0499 e. The molecule has 0 saturated carbocycles. The second-order valence-corrected chi connectivity index (χ2v) is 5.22. The van der Waals surface area contributed by atoms with Gasteiger partial charge in [-0.3, -0.25) is 4.90 Å². The molecule has 2 atom stereocenters. The molecular formula is C15H24N2. The highest BCUT2D eigenvalue weighted by Crippen LogP contribution is 2.30. The summed E-state index contributed by atoms with van der Waals surface area (Å²) in [4.78, 5) is 2.51. The Morgan fingerprint density at radius 3 is 2.71 bits per heavy atom. The highest BCUT2D eigenvalue weighted by molar-refractivity contribution is 5.32. The first kappa shape index (κ1) is 12.6. The fraction of sp³-hybridized carbons (Fsp3) is 0.600. The van der Waals surface area contributed by atoms with Crippen molar-refractivity contribution in [3.8, 4) is 0 Å². The molecule has 1 fully saturated rings. The van der Waals surface area contributed by atoms with Gasteiger partial charge in [0.15, 0.2) is 0 Å². The van der Waals surface area contributed by atoms with Crippen LogP contribution in [0.25, 0.3) is 0 Å². The van der Waals surface area contributed by atoms with Crippen LogP contribution in [0.15, 0.2) is 18.2 Å². The van der Waals surface area contributed by atoms with Gasteiger partial charge < -0.3 is 5.73 Å². The Labute approximate surface area is 105 Å². The number of piperidine rings is 1. The van der Waals surface area contributed by atoms with Crippen molar-refractivity contribution in [2.75, 3.05) is 13.1 Å². The highest BCUT2D eigenvalue weighted by Gasteiger charge is 2.29. The summed E-state index contributed by atoms with van der Waals surface area (Å²) in [5.41, 5.74) is 10.4. The lowest BCUT2D eigenvalue weighted by molar-refractivity contribution is 0.136. The molecule has 1 heterocycles. The third kappa shape index (κ3) is 2.53. The molecule has 1 aliphatic heterocycles. The first-order valence-corrected chi connectivity index (χ1v) is 6.70. The van der Waals surface area contributed by atoms with Crippen LogP contribution in [0.1, 0.15) is 42.5 Å². The van der Waals surface area contributed by atoms with Gasteiger partial charge in [0.1, 0.15) is 0 Å². The van der Waals surface area contributed by atoms with Gasteiger partial charge in [-0.25, -0.2) is 0 Å². The van der Waals surface area contributed by atoms with Gasteiger partial charge in [0.2, 0.25) is 0 Å². The lowest BCUT2D eigenvalue weighted by Crippen LogP contribution is -2.45. The number of likely N-dealkylation sites (N-methyl/N-ethyl adjacent to an activating group) is 1. The van der Waals surface area contributed by atoms with E-state index in [9.17, 15) is 0 Å². The maximum atomic E-state index is 6.32. The van der Waals surface area contributed by atoms with E-state index in [0.29, 0.717) is 6.04 Å². The summed E-state index contributed by atoms with van der Waals surface area (Å²) in [6.45, 7) is 8.85. The molecule has 2 heteroatoms. The second-order valence-electron chi connectivity index (χ2n) is 5.22. The molecule has 2 N–H and O–H groups in total.